The number of benzene rings is 2. The van der Waals surface area contributed by atoms with E-state index < -0.39 is 33.6 Å². The minimum absolute atomic E-state index is 0.00389. The van der Waals surface area contributed by atoms with Gasteiger partial charge in [-0.3, -0.25) is 5.10 Å². The average Bonchev–Trinajstić information content (AvgIpc) is 3.49. The van der Waals surface area contributed by atoms with Gasteiger partial charge in [0.25, 0.3) is 0 Å². The van der Waals surface area contributed by atoms with Crippen LogP contribution in [-0.2, 0) is 10.0 Å². The second-order valence-corrected chi connectivity index (χ2v) is 9.87. The molecule has 0 aliphatic heterocycles. The molecule has 0 aliphatic rings. The fraction of sp³-hybridized carbons (Fsp3) is 0.227. The molecular weight excluding hydrogens is 501 g/mol. The third kappa shape index (κ3) is 4.85. The molecule has 2 unspecified atom stereocenters. The molecule has 13 heteroatoms. The highest BCUT2D eigenvalue weighted by Crippen LogP contribution is 2.38. The van der Waals surface area contributed by atoms with E-state index in [1.165, 1.54) is 31.4 Å². The Morgan fingerprint density at radius 3 is 2.66 bits per heavy atom. The van der Waals surface area contributed by atoms with Crippen molar-refractivity contribution in [2.75, 3.05) is 7.11 Å². The molecule has 184 valence electrons. The molecule has 2 atom stereocenters. The average molecular weight is 522 g/mol. The van der Waals surface area contributed by atoms with E-state index in [1.807, 2.05) is 0 Å². The molecule has 0 bridgehead atoms. The standard InChI is InChI=1S/C22H21ClFN5O5S/c1-11-15(13-9-25-26-10-13)5-6-16(24)19(11)12(2)20(21-27-28-22(30)34-21)29-35(31,32)18-7-4-14(23)8-17(18)33-3/h4-10,12,20,29H,1-3H3,(H,25,26)(H,28,30). The van der Waals surface area contributed by atoms with Gasteiger partial charge in [-0.15, -0.1) is 5.10 Å². The van der Waals surface area contributed by atoms with Gasteiger partial charge < -0.3 is 9.15 Å². The Labute approximate surface area is 204 Å². The molecule has 0 radical (unpaired) electrons. The molecule has 10 nitrogen and oxygen atoms in total. The maximum atomic E-state index is 15.2. The summed E-state index contributed by atoms with van der Waals surface area (Å²) < 4.78 is 54.7. The lowest BCUT2D eigenvalue weighted by Gasteiger charge is -2.25. The quantitative estimate of drug-likeness (QED) is 0.321. The second kappa shape index (κ2) is 9.64. The first-order valence-corrected chi connectivity index (χ1v) is 12.2. The van der Waals surface area contributed by atoms with Crippen LogP contribution in [0.3, 0.4) is 0 Å². The predicted molar refractivity (Wildman–Crippen MR) is 125 cm³/mol. The van der Waals surface area contributed by atoms with Gasteiger partial charge in [0, 0.05) is 28.8 Å². The summed E-state index contributed by atoms with van der Waals surface area (Å²) in [6, 6.07) is 5.66. The Bertz CT molecular complexity index is 1520. The number of sulfonamides is 1. The van der Waals surface area contributed by atoms with Gasteiger partial charge in [0.05, 0.1) is 13.3 Å². The van der Waals surface area contributed by atoms with Crippen molar-refractivity contribution >= 4 is 21.6 Å². The molecule has 0 spiro atoms. The summed E-state index contributed by atoms with van der Waals surface area (Å²) in [6.07, 6.45) is 3.25. The number of nitrogens with zero attached hydrogens (tertiary/aromatic N) is 2. The zero-order valence-corrected chi connectivity index (χ0v) is 20.4. The minimum Gasteiger partial charge on any atom is -0.495 e. The van der Waals surface area contributed by atoms with Crippen LogP contribution < -0.4 is 15.2 Å². The summed E-state index contributed by atoms with van der Waals surface area (Å²) in [5.74, 6) is -2.56. The maximum Gasteiger partial charge on any atom is 0.434 e. The van der Waals surface area contributed by atoms with Crippen LogP contribution in [0.5, 0.6) is 5.75 Å². The Morgan fingerprint density at radius 2 is 2.03 bits per heavy atom. The molecular formula is C22H21ClFN5O5S. The fourth-order valence-corrected chi connectivity index (χ4v) is 5.55. The van der Waals surface area contributed by atoms with E-state index in [0.717, 1.165) is 5.56 Å². The van der Waals surface area contributed by atoms with E-state index in [2.05, 4.69) is 25.1 Å². The number of H-pyrrole nitrogens is 2. The predicted octanol–water partition coefficient (Wildman–Crippen LogP) is 3.69. The van der Waals surface area contributed by atoms with Crippen molar-refractivity contribution in [2.24, 2.45) is 0 Å². The van der Waals surface area contributed by atoms with Crippen LogP contribution in [0, 0.1) is 12.7 Å². The van der Waals surface area contributed by atoms with Crippen molar-refractivity contribution in [3.05, 3.63) is 81.1 Å². The van der Waals surface area contributed by atoms with Crippen LogP contribution in [0.1, 0.15) is 35.9 Å². The molecule has 4 rings (SSSR count). The number of nitrogens with one attached hydrogen (secondary N) is 3. The highest BCUT2D eigenvalue weighted by Gasteiger charge is 2.34. The van der Waals surface area contributed by atoms with Gasteiger partial charge in [-0.1, -0.05) is 24.6 Å². The zero-order valence-electron chi connectivity index (χ0n) is 18.8. The third-order valence-corrected chi connectivity index (χ3v) is 7.36. The summed E-state index contributed by atoms with van der Waals surface area (Å²) in [6.45, 7) is 3.32. The van der Waals surface area contributed by atoms with Crippen molar-refractivity contribution in [3.8, 4) is 16.9 Å². The highest BCUT2D eigenvalue weighted by molar-refractivity contribution is 7.89. The van der Waals surface area contributed by atoms with E-state index in [-0.39, 0.29) is 27.1 Å². The van der Waals surface area contributed by atoms with Crippen molar-refractivity contribution in [3.63, 3.8) is 0 Å². The molecule has 0 saturated carbocycles. The molecule has 0 amide bonds. The van der Waals surface area contributed by atoms with Crippen molar-refractivity contribution in [1.29, 1.82) is 0 Å². The molecule has 4 aromatic rings. The summed E-state index contributed by atoms with van der Waals surface area (Å²) in [4.78, 5) is 11.5. The molecule has 0 fully saturated rings. The largest absolute Gasteiger partial charge is 0.495 e. The highest BCUT2D eigenvalue weighted by atomic mass is 35.5. The fourth-order valence-electron chi connectivity index (χ4n) is 3.97. The van der Waals surface area contributed by atoms with E-state index in [0.29, 0.717) is 11.1 Å². The normalized spacial score (nSPS) is 13.5. The number of aromatic amines is 2. The first-order chi connectivity index (χ1) is 16.6. The first kappa shape index (κ1) is 24.6. The van der Waals surface area contributed by atoms with Gasteiger partial charge in [0.1, 0.15) is 22.5 Å². The smallest absolute Gasteiger partial charge is 0.434 e. The Hall–Kier alpha value is -3.48. The van der Waals surface area contributed by atoms with E-state index in [4.69, 9.17) is 20.8 Å². The van der Waals surface area contributed by atoms with Crippen molar-refractivity contribution in [2.45, 2.75) is 30.7 Å². The van der Waals surface area contributed by atoms with Crippen LogP contribution in [0.15, 0.2) is 56.8 Å². The Kier molecular flexibility index (Phi) is 6.79. The van der Waals surface area contributed by atoms with E-state index in [9.17, 15) is 13.2 Å². The van der Waals surface area contributed by atoms with Crippen LogP contribution in [-0.4, -0.2) is 35.9 Å². The van der Waals surface area contributed by atoms with Gasteiger partial charge in [-0.05, 0) is 41.8 Å². The second-order valence-electron chi connectivity index (χ2n) is 7.75. The summed E-state index contributed by atoms with van der Waals surface area (Å²) in [5, 5.41) is 12.8. The number of hydrogen-bond donors (Lipinski definition) is 3. The molecule has 0 aliphatic carbocycles. The summed E-state index contributed by atoms with van der Waals surface area (Å²) in [7, 11) is -2.97. The molecule has 2 aromatic heterocycles. The minimum atomic E-state index is -4.28. The lowest BCUT2D eigenvalue weighted by Crippen LogP contribution is -2.33. The lowest BCUT2D eigenvalue weighted by atomic mass is 9.86. The van der Waals surface area contributed by atoms with Crippen molar-refractivity contribution in [1.82, 2.24) is 25.1 Å². The summed E-state index contributed by atoms with van der Waals surface area (Å²) in [5.41, 5.74) is 2.20. The molecule has 3 N–H and O–H groups in total. The van der Waals surface area contributed by atoms with Crippen LogP contribution in [0.2, 0.25) is 5.02 Å². The molecule has 0 saturated heterocycles. The Balaban J connectivity index is 1.82. The van der Waals surface area contributed by atoms with E-state index in [1.54, 1.807) is 32.3 Å². The number of hydrogen-bond acceptors (Lipinski definition) is 7. The van der Waals surface area contributed by atoms with Crippen molar-refractivity contribution < 1.29 is 22.0 Å². The molecule has 35 heavy (non-hydrogen) atoms. The number of aromatic nitrogens is 4. The first-order valence-electron chi connectivity index (χ1n) is 10.3. The van der Waals surface area contributed by atoms with Gasteiger partial charge in [-0.2, -0.15) is 9.82 Å². The number of ether oxygens (including phenoxy) is 1. The van der Waals surface area contributed by atoms with Crippen LogP contribution >= 0.6 is 11.6 Å². The summed E-state index contributed by atoms with van der Waals surface area (Å²) >= 11 is 5.97. The molecule has 2 heterocycles. The van der Waals surface area contributed by atoms with E-state index >= 15 is 4.39 Å². The van der Waals surface area contributed by atoms with Gasteiger partial charge >= 0.3 is 5.76 Å². The maximum absolute atomic E-state index is 15.2. The molecule has 2 aromatic carbocycles. The third-order valence-electron chi connectivity index (χ3n) is 5.64. The Morgan fingerprint density at radius 1 is 1.26 bits per heavy atom. The lowest BCUT2D eigenvalue weighted by molar-refractivity contribution is 0.374. The van der Waals surface area contributed by atoms with Gasteiger partial charge in [-0.25, -0.2) is 22.7 Å². The number of halogens is 2. The van der Waals surface area contributed by atoms with Gasteiger partial charge in [0.2, 0.25) is 15.9 Å². The monoisotopic (exact) mass is 521 g/mol. The van der Waals surface area contributed by atoms with Crippen LogP contribution in [0.25, 0.3) is 11.1 Å². The van der Waals surface area contributed by atoms with Crippen LogP contribution in [0.4, 0.5) is 4.39 Å². The SMILES string of the molecule is COc1cc(Cl)ccc1S(=O)(=O)NC(c1n[nH]c(=O)o1)C(C)c1c(F)ccc(-c2cn[nH]c2)c1C. The van der Waals surface area contributed by atoms with Gasteiger partial charge in [0.15, 0.2) is 0 Å². The number of rotatable bonds is 8. The number of methoxy groups -OCH3 is 1. The topological polar surface area (TPSA) is 143 Å². The zero-order chi connectivity index (χ0) is 25.3.